The molecule has 0 spiro atoms. The second-order valence-corrected chi connectivity index (χ2v) is 3.25. The van der Waals surface area contributed by atoms with Gasteiger partial charge in [-0.25, -0.2) is 0 Å². The van der Waals surface area contributed by atoms with Crippen molar-refractivity contribution >= 4 is 5.91 Å². The Labute approximate surface area is 81.9 Å². The summed E-state index contributed by atoms with van der Waals surface area (Å²) in [6, 6.07) is 0. The van der Waals surface area contributed by atoms with Gasteiger partial charge >= 0.3 is 0 Å². The molecule has 0 atom stereocenters. The number of aromatic nitrogens is 3. The standard InChI is InChI=1S/C8H13N5O/c14-8-7-12(4-3-9-8)5-6-13-10-1-2-11-13/h1-2H,3-7H2,(H,9,14). The summed E-state index contributed by atoms with van der Waals surface area (Å²) in [7, 11) is 0. The molecule has 1 amide bonds. The molecule has 0 bridgehead atoms. The van der Waals surface area contributed by atoms with Crippen LogP contribution in [-0.2, 0) is 11.3 Å². The monoisotopic (exact) mass is 195 g/mol. The highest BCUT2D eigenvalue weighted by Gasteiger charge is 2.15. The molecule has 1 aliphatic heterocycles. The summed E-state index contributed by atoms with van der Waals surface area (Å²) < 4.78 is 0. The van der Waals surface area contributed by atoms with Crippen LogP contribution in [0.1, 0.15) is 0 Å². The molecular formula is C8H13N5O. The molecule has 6 nitrogen and oxygen atoms in total. The topological polar surface area (TPSA) is 63.1 Å². The number of carbonyl (C=O) groups excluding carboxylic acids is 1. The third kappa shape index (κ3) is 2.29. The van der Waals surface area contributed by atoms with Crippen molar-refractivity contribution in [1.82, 2.24) is 25.2 Å². The second kappa shape index (κ2) is 4.19. The summed E-state index contributed by atoms with van der Waals surface area (Å²) in [5, 5.41) is 10.8. The fraction of sp³-hybridized carbons (Fsp3) is 0.625. The summed E-state index contributed by atoms with van der Waals surface area (Å²) in [6.45, 7) is 3.70. The Morgan fingerprint density at radius 3 is 2.86 bits per heavy atom. The van der Waals surface area contributed by atoms with Gasteiger partial charge in [-0.3, -0.25) is 9.69 Å². The molecule has 1 saturated heterocycles. The van der Waals surface area contributed by atoms with Crippen molar-refractivity contribution in [3.63, 3.8) is 0 Å². The van der Waals surface area contributed by atoms with Crippen molar-refractivity contribution in [2.45, 2.75) is 6.54 Å². The van der Waals surface area contributed by atoms with Crippen LogP contribution in [0.15, 0.2) is 12.4 Å². The average molecular weight is 195 g/mol. The van der Waals surface area contributed by atoms with Crippen LogP contribution in [0.4, 0.5) is 0 Å². The highest BCUT2D eigenvalue weighted by Crippen LogP contribution is 1.93. The Balaban J connectivity index is 1.77. The van der Waals surface area contributed by atoms with Gasteiger partial charge in [-0.05, 0) is 0 Å². The van der Waals surface area contributed by atoms with Gasteiger partial charge in [0.05, 0.1) is 25.5 Å². The van der Waals surface area contributed by atoms with Crippen LogP contribution in [-0.4, -0.2) is 52.0 Å². The highest BCUT2D eigenvalue weighted by atomic mass is 16.2. The third-order valence-corrected chi connectivity index (χ3v) is 2.20. The predicted molar refractivity (Wildman–Crippen MR) is 49.5 cm³/mol. The Hall–Kier alpha value is -1.43. The van der Waals surface area contributed by atoms with Crippen molar-refractivity contribution < 1.29 is 4.79 Å². The Bertz CT molecular complexity index is 297. The first kappa shape index (κ1) is 9.14. The van der Waals surface area contributed by atoms with Crippen molar-refractivity contribution in [3.8, 4) is 0 Å². The lowest BCUT2D eigenvalue weighted by Gasteiger charge is -2.25. The molecule has 1 N–H and O–H groups in total. The van der Waals surface area contributed by atoms with Gasteiger partial charge in [0.25, 0.3) is 0 Å². The van der Waals surface area contributed by atoms with Crippen LogP contribution < -0.4 is 5.32 Å². The van der Waals surface area contributed by atoms with Crippen LogP contribution in [0.5, 0.6) is 0 Å². The van der Waals surface area contributed by atoms with Gasteiger partial charge in [-0.2, -0.15) is 15.0 Å². The minimum Gasteiger partial charge on any atom is -0.354 e. The van der Waals surface area contributed by atoms with E-state index in [4.69, 9.17) is 0 Å². The van der Waals surface area contributed by atoms with Crippen LogP contribution in [0.25, 0.3) is 0 Å². The van der Waals surface area contributed by atoms with E-state index >= 15 is 0 Å². The minimum atomic E-state index is 0.102. The molecule has 6 heteroatoms. The molecule has 2 heterocycles. The molecule has 2 rings (SSSR count). The van der Waals surface area contributed by atoms with Crippen molar-refractivity contribution in [2.75, 3.05) is 26.2 Å². The number of hydrogen-bond donors (Lipinski definition) is 1. The summed E-state index contributed by atoms with van der Waals surface area (Å²) >= 11 is 0. The Kier molecular flexibility index (Phi) is 2.73. The van der Waals surface area contributed by atoms with Gasteiger partial charge in [0.15, 0.2) is 0 Å². The van der Waals surface area contributed by atoms with E-state index in [9.17, 15) is 4.79 Å². The van der Waals surface area contributed by atoms with Crippen LogP contribution >= 0.6 is 0 Å². The summed E-state index contributed by atoms with van der Waals surface area (Å²) in [6.07, 6.45) is 3.31. The molecule has 0 aliphatic carbocycles. The lowest BCUT2D eigenvalue weighted by Crippen LogP contribution is -2.48. The number of piperazine rings is 1. The number of amides is 1. The first-order chi connectivity index (χ1) is 6.84. The SMILES string of the molecule is O=C1CN(CCn2nccn2)CCN1. The molecule has 76 valence electrons. The predicted octanol–water partition coefficient (Wildman–Crippen LogP) is -1.29. The van der Waals surface area contributed by atoms with E-state index in [1.165, 1.54) is 0 Å². The second-order valence-electron chi connectivity index (χ2n) is 3.25. The van der Waals surface area contributed by atoms with Crippen molar-refractivity contribution in [2.24, 2.45) is 0 Å². The molecule has 1 aliphatic rings. The molecule has 0 radical (unpaired) electrons. The maximum absolute atomic E-state index is 11.0. The maximum Gasteiger partial charge on any atom is 0.234 e. The van der Waals surface area contributed by atoms with E-state index < -0.39 is 0 Å². The average Bonchev–Trinajstić information content (AvgIpc) is 2.67. The first-order valence-corrected chi connectivity index (χ1v) is 4.68. The first-order valence-electron chi connectivity index (χ1n) is 4.68. The fourth-order valence-corrected chi connectivity index (χ4v) is 1.47. The van der Waals surface area contributed by atoms with E-state index in [0.29, 0.717) is 6.54 Å². The van der Waals surface area contributed by atoms with Crippen molar-refractivity contribution in [3.05, 3.63) is 12.4 Å². The quantitative estimate of drug-likeness (QED) is 0.652. The molecule has 0 aromatic carbocycles. The number of hydrogen-bond acceptors (Lipinski definition) is 4. The molecule has 14 heavy (non-hydrogen) atoms. The van der Waals surface area contributed by atoms with Gasteiger partial charge in [-0.15, -0.1) is 0 Å². The lowest BCUT2D eigenvalue weighted by atomic mass is 10.3. The Morgan fingerprint density at radius 2 is 2.14 bits per heavy atom. The maximum atomic E-state index is 11.0. The molecule has 0 saturated carbocycles. The molecule has 1 fully saturated rings. The lowest BCUT2D eigenvalue weighted by molar-refractivity contribution is -0.124. The van der Waals surface area contributed by atoms with E-state index in [0.717, 1.165) is 26.2 Å². The van der Waals surface area contributed by atoms with Crippen LogP contribution in [0, 0.1) is 0 Å². The molecule has 0 unspecified atom stereocenters. The zero-order chi connectivity index (χ0) is 9.80. The summed E-state index contributed by atoms with van der Waals surface area (Å²) in [4.78, 5) is 14.8. The van der Waals surface area contributed by atoms with E-state index in [2.05, 4.69) is 20.4 Å². The van der Waals surface area contributed by atoms with Crippen molar-refractivity contribution in [1.29, 1.82) is 0 Å². The third-order valence-electron chi connectivity index (χ3n) is 2.20. The molecule has 1 aromatic heterocycles. The van der Waals surface area contributed by atoms with Gasteiger partial charge in [0.1, 0.15) is 0 Å². The number of carbonyl (C=O) groups is 1. The highest BCUT2D eigenvalue weighted by molar-refractivity contribution is 5.78. The largest absolute Gasteiger partial charge is 0.354 e. The number of nitrogens with zero attached hydrogens (tertiary/aromatic N) is 4. The van der Waals surface area contributed by atoms with Gasteiger partial charge in [-0.1, -0.05) is 0 Å². The molecule has 1 aromatic rings. The zero-order valence-electron chi connectivity index (χ0n) is 7.89. The van der Waals surface area contributed by atoms with Crippen LogP contribution in [0.3, 0.4) is 0 Å². The summed E-state index contributed by atoms with van der Waals surface area (Å²) in [5.41, 5.74) is 0. The van der Waals surface area contributed by atoms with Gasteiger partial charge in [0.2, 0.25) is 5.91 Å². The van der Waals surface area contributed by atoms with E-state index in [1.807, 2.05) is 0 Å². The van der Waals surface area contributed by atoms with Gasteiger partial charge < -0.3 is 5.32 Å². The van der Waals surface area contributed by atoms with E-state index in [1.54, 1.807) is 17.2 Å². The molecular weight excluding hydrogens is 182 g/mol. The zero-order valence-corrected chi connectivity index (χ0v) is 7.89. The fourth-order valence-electron chi connectivity index (χ4n) is 1.47. The number of nitrogens with one attached hydrogen (secondary N) is 1. The summed E-state index contributed by atoms with van der Waals surface area (Å²) in [5.74, 6) is 0.102. The minimum absolute atomic E-state index is 0.102. The van der Waals surface area contributed by atoms with Gasteiger partial charge in [0, 0.05) is 19.6 Å². The Morgan fingerprint density at radius 1 is 1.36 bits per heavy atom. The normalized spacial score (nSPS) is 18.1. The van der Waals surface area contributed by atoms with E-state index in [-0.39, 0.29) is 5.91 Å². The number of rotatable bonds is 3. The smallest absolute Gasteiger partial charge is 0.234 e. The van der Waals surface area contributed by atoms with Crippen LogP contribution in [0.2, 0.25) is 0 Å².